The molecule has 0 saturated carbocycles. The number of fused-ring (bicyclic) bond motifs is 2. The van der Waals surface area contributed by atoms with Gasteiger partial charge in [0.1, 0.15) is 11.3 Å². The fraction of sp³-hybridized carbons (Fsp3) is 0.486. The van der Waals surface area contributed by atoms with Gasteiger partial charge in [0.25, 0.3) is 0 Å². The molecule has 2 fully saturated rings. The molecule has 2 saturated heterocycles. The summed E-state index contributed by atoms with van der Waals surface area (Å²) in [7, 11) is 0. The van der Waals surface area contributed by atoms with Gasteiger partial charge in [-0.25, -0.2) is 9.37 Å². The van der Waals surface area contributed by atoms with Crippen molar-refractivity contribution in [2.75, 3.05) is 55.6 Å². The molecule has 9 nitrogen and oxygen atoms in total. The Bertz CT molecular complexity index is 1680. The van der Waals surface area contributed by atoms with Gasteiger partial charge in [-0.2, -0.15) is 10.1 Å². The normalized spacial score (nSPS) is 16.6. The number of hydrogen-bond donors (Lipinski definition) is 1. The zero-order chi connectivity index (χ0) is 33.7. The number of nitrogens with one attached hydrogen (secondary N) is 1. The van der Waals surface area contributed by atoms with Crippen LogP contribution in [0, 0.1) is 12.7 Å². The zero-order valence-corrected chi connectivity index (χ0v) is 29.2. The quantitative estimate of drug-likeness (QED) is 0.214. The second kappa shape index (κ2) is 15.2. The summed E-state index contributed by atoms with van der Waals surface area (Å²) in [6.45, 7) is 25.0. The van der Waals surface area contributed by atoms with Crippen molar-refractivity contribution in [3.63, 3.8) is 0 Å². The number of amides is 1. The number of rotatable bonds is 7. The maximum Gasteiger partial charge on any atom is 0.246 e. The Morgan fingerprint density at radius 1 is 1.09 bits per heavy atom. The first-order valence-corrected chi connectivity index (χ1v) is 16.9. The number of anilines is 2. The molecule has 0 radical (unpaired) electrons. The number of nitrogens with zero attached hydrogens (tertiary/aromatic N) is 7. The topological polar surface area (TPSA) is 84.5 Å². The van der Waals surface area contributed by atoms with E-state index in [1.54, 1.807) is 17.2 Å². The maximum absolute atomic E-state index is 16.8. The number of halogens is 2. The molecule has 0 bridgehead atoms. The van der Waals surface area contributed by atoms with Gasteiger partial charge in [0.15, 0.2) is 5.82 Å². The molecule has 1 N–H and O–H groups in total. The Morgan fingerprint density at radius 3 is 2.41 bits per heavy atom. The van der Waals surface area contributed by atoms with E-state index in [-0.39, 0.29) is 22.5 Å². The van der Waals surface area contributed by atoms with Crippen LogP contribution in [0.5, 0.6) is 0 Å². The first-order valence-electron chi connectivity index (χ1n) is 16.5. The van der Waals surface area contributed by atoms with E-state index in [1.165, 1.54) is 6.08 Å². The van der Waals surface area contributed by atoms with Crippen molar-refractivity contribution in [2.24, 2.45) is 0 Å². The van der Waals surface area contributed by atoms with E-state index >= 15 is 4.39 Å². The summed E-state index contributed by atoms with van der Waals surface area (Å²) in [6, 6.07) is 6.01. The lowest BCUT2D eigenvalue weighted by atomic mass is 9.96. The van der Waals surface area contributed by atoms with Gasteiger partial charge < -0.3 is 14.7 Å². The van der Waals surface area contributed by atoms with Crippen LogP contribution in [-0.2, 0) is 4.79 Å². The smallest absolute Gasteiger partial charge is 0.246 e. The van der Waals surface area contributed by atoms with Crippen molar-refractivity contribution < 1.29 is 9.18 Å². The zero-order valence-electron chi connectivity index (χ0n) is 28.5. The van der Waals surface area contributed by atoms with Crippen LogP contribution in [-0.4, -0.2) is 93.8 Å². The van der Waals surface area contributed by atoms with E-state index in [1.807, 2.05) is 53.7 Å². The monoisotopic (exact) mass is 650 g/mol. The second-order valence-corrected chi connectivity index (χ2v) is 11.6. The summed E-state index contributed by atoms with van der Waals surface area (Å²) in [4.78, 5) is 30.7. The third-order valence-corrected chi connectivity index (χ3v) is 9.08. The fourth-order valence-electron chi connectivity index (χ4n) is 6.40. The van der Waals surface area contributed by atoms with Crippen LogP contribution >= 0.6 is 11.6 Å². The number of aromatic nitrogens is 4. The lowest BCUT2D eigenvalue weighted by molar-refractivity contribution is -0.128. The molecule has 46 heavy (non-hydrogen) atoms. The highest BCUT2D eigenvalue weighted by Gasteiger charge is 2.35. The van der Waals surface area contributed by atoms with Crippen LogP contribution in [0.25, 0.3) is 32.9 Å². The average molecular weight is 651 g/mol. The number of carbonyl (C=O) groups is 1. The van der Waals surface area contributed by atoms with E-state index in [9.17, 15) is 4.79 Å². The van der Waals surface area contributed by atoms with Crippen molar-refractivity contribution in [3.05, 3.63) is 53.5 Å². The third-order valence-electron chi connectivity index (χ3n) is 8.79. The van der Waals surface area contributed by atoms with Crippen LogP contribution < -0.4 is 9.80 Å². The molecule has 1 amide bonds. The number of carbonyl (C=O) groups excluding carboxylic acids is 1. The van der Waals surface area contributed by atoms with Gasteiger partial charge in [0, 0.05) is 66.7 Å². The summed E-state index contributed by atoms with van der Waals surface area (Å²) < 4.78 is 16.8. The molecule has 2 aromatic carbocycles. The molecule has 6 rings (SSSR count). The van der Waals surface area contributed by atoms with E-state index in [4.69, 9.17) is 21.6 Å². The lowest BCUT2D eigenvalue weighted by Crippen LogP contribution is -2.60. The molecule has 2 aromatic heterocycles. The standard InChI is InChI=1S/C31H36ClFN8O.2C2H6/c1-6-24(42)41-12-11-39(15-19(41)5)30-22-13-23(32)26(25-18(4)9-10-20-14-34-37-28(20)25)27(33)29(22)35-31(36-30)40-16-21(17-40)38(7-2)8-3;2*1-2/h6,9-10,13-14,19,21H,1,7-8,11-12,15-17H2,2-5H3,(H,34,37);2*1-2H3. The largest absolute Gasteiger partial charge is 0.352 e. The Morgan fingerprint density at radius 2 is 1.78 bits per heavy atom. The van der Waals surface area contributed by atoms with Crippen molar-refractivity contribution in [3.8, 4) is 11.1 Å². The number of H-pyrrole nitrogens is 1. The summed E-state index contributed by atoms with van der Waals surface area (Å²) in [5.74, 6) is 0.548. The Balaban J connectivity index is 0.00000116. The van der Waals surface area contributed by atoms with Crippen molar-refractivity contribution >= 4 is 51.1 Å². The van der Waals surface area contributed by atoms with Gasteiger partial charge in [-0.1, -0.05) is 71.9 Å². The van der Waals surface area contributed by atoms with Gasteiger partial charge in [-0.15, -0.1) is 0 Å². The van der Waals surface area contributed by atoms with E-state index in [0.717, 1.165) is 42.6 Å². The highest BCUT2D eigenvalue weighted by Crippen LogP contribution is 2.42. The molecule has 4 heterocycles. The second-order valence-electron chi connectivity index (χ2n) is 11.2. The highest BCUT2D eigenvalue weighted by atomic mass is 35.5. The van der Waals surface area contributed by atoms with Crippen LogP contribution in [0.3, 0.4) is 0 Å². The van der Waals surface area contributed by atoms with Gasteiger partial charge in [-0.05, 0) is 44.6 Å². The maximum atomic E-state index is 16.8. The molecule has 1 atom stereocenters. The molecular weight excluding hydrogens is 603 g/mol. The van der Waals surface area contributed by atoms with E-state index in [2.05, 4.69) is 45.3 Å². The number of hydrogen-bond acceptors (Lipinski definition) is 7. The molecule has 11 heteroatoms. The molecule has 0 spiro atoms. The van der Waals surface area contributed by atoms with Gasteiger partial charge in [0.05, 0.1) is 16.7 Å². The first kappa shape index (κ1) is 35.1. The average Bonchev–Trinajstić information content (AvgIpc) is 3.54. The van der Waals surface area contributed by atoms with Crippen LogP contribution in [0.2, 0.25) is 5.02 Å². The number of piperazine rings is 1. The molecule has 4 aromatic rings. The minimum atomic E-state index is -0.484. The van der Waals surface area contributed by atoms with Gasteiger partial charge in [0.2, 0.25) is 11.9 Å². The molecular formula is C35H48ClFN8O. The summed E-state index contributed by atoms with van der Waals surface area (Å²) in [6.07, 6.45) is 3.07. The lowest BCUT2D eigenvalue weighted by Gasteiger charge is -2.45. The Kier molecular flexibility index (Phi) is 11.6. The fourth-order valence-corrected chi connectivity index (χ4v) is 6.69. The summed E-state index contributed by atoms with van der Waals surface area (Å²) in [5.41, 5.74) is 2.81. The number of aryl methyl sites for hydroxylation is 1. The van der Waals surface area contributed by atoms with Crippen LogP contribution in [0.1, 0.15) is 54.0 Å². The third kappa shape index (κ3) is 6.42. The molecule has 248 valence electrons. The predicted molar refractivity (Wildman–Crippen MR) is 190 cm³/mol. The number of likely N-dealkylation sites (N-methyl/N-ethyl adjacent to an activating group) is 1. The van der Waals surface area contributed by atoms with Crippen molar-refractivity contribution in [1.82, 2.24) is 30.0 Å². The first-order chi connectivity index (χ1) is 22.2. The van der Waals surface area contributed by atoms with E-state index < -0.39 is 5.82 Å². The van der Waals surface area contributed by atoms with Gasteiger partial charge >= 0.3 is 0 Å². The van der Waals surface area contributed by atoms with Crippen LogP contribution in [0.4, 0.5) is 16.2 Å². The molecule has 2 aliphatic rings. The highest BCUT2D eigenvalue weighted by molar-refractivity contribution is 6.35. The minimum Gasteiger partial charge on any atom is -0.352 e. The predicted octanol–water partition coefficient (Wildman–Crippen LogP) is 7.08. The number of aromatic amines is 1. The van der Waals surface area contributed by atoms with Crippen molar-refractivity contribution in [1.29, 1.82) is 0 Å². The molecule has 2 aliphatic heterocycles. The SMILES string of the molecule is C=CC(=O)N1CCN(c2nc(N3CC(N(CC)CC)C3)nc3c(F)c(-c4c(C)ccc5cn[nH]c45)c(Cl)cc23)CC1C.CC.CC. The number of benzene rings is 2. The van der Waals surface area contributed by atoms with Crippen molar-refractivity contribution in [2.45, 2.75) is 67.5 Å². The summed E-state index contributed by atoms with van der Waals surface area (Å²) >= 11 is 6.90. The summed E-state index contributed by atoms with van der Waals surface area (Å²) in [5, 5.41) is 8.91. The minimum absolute atomic E-state index is 0.0750. The van der Waals surface area contributed by atoms with Crippen LogP contribution in [0.15, 0.2) is 37.1 Å². The Hall–Kier alpha value is -3.76. The molecule has 0 aliphatic carbocycles. The molecule has 1 unspecified atom stereocenters. The Labute approximate surface area is 277 Å². The van der Waals surface area contributed by atoms with Gasteiger partial charge in [-0.3, -0.25) is 14.8 Å². The van der Waals surface area contributed by atoms with E-state index in [0.29, 0.717) is 54.0 Å².